The lowest BCUT2D eigenvalue weighted by Crippen LogP contribution is -2.54. The van der Waals surface area contributed by atoms with E-state index in [0.29, 0.717) is 12.6 Å². The fourth-order valence-electron chi connectivity index (χ4n) is 3.46. The molecule has 0 aromatic carbocycles. The monoisotopic (exact) mass is 325 g/mol. The molecule has 3 fully saturated rings. The van der Waals surface area contributed by atoms with Gasteiger partial charge in [-0.3, -0.25) is 9.69 Å². The van der Waals surface area contributed by atoms with Gasteiger partial charge in [0.25, 0.3) is 5.91 Å². The first-order valence-corrected chi connectivity index (χ1v) is 7.16. The lowest BCUT2D eigenvalue weighted by molar-refractivity contribution is -0.145. The van der Waals surface area contributed by atoms with Crippen LogP contribution in [-0.2, 0) is 9.53 Å². The van der Waals surface area contributed by atoms with Crippen LogP contribution in [0.2, 0.25) is 0 Å². The van der Waals surface area contributed by atoms with Gasteiger partial charge in [-0.25, -0.2) is 0 Å². The van der Waals surface area contributed by atoms with Crippen LogP contribution in [0.5, 0.6) is 0 Å². The third-order valence-electron chi connectivity index (χ3n) is 4.54. The van der Waals surface area contributed by atoms with Crippen molar-refractivity contribution in [2.75, 3.05) is 32.7 Å². The molecule has 0 bridgehead atoms. The van der Waals surface area contributed by atoms with E-state index in [4.69, 9.17) is 10.5 Å². The number of fused-ring (bicyclic) bond motifs is 1. The van der Waals surface area contributed by atoms with E-state index in [1.165, 1.54) is 19.4 Å². The highest BCUT2D eigenvalue weighted by atomic mass is 35.5. The number of rotatable bonds is 2. The molecule has 3 atom stereocenters. The number of nitrogens with two attached hydrogens (primary N) is 1. The van der Waals surface area contributed by atoms with E-state index in [1.807, 2.05) is 4.90 Å². The Kier molecular flexibility index (Phi) is 7.01. The molecule has 7 heteroatoms. The van der Waals surface area contributed by atoms with Crippen molar-refractivity contribution in [2.45, 2.75) is 43.9 Å². The van der Waals surface area contributed by atoms with E-state index in [9.17, 15) is 4.79 Å². The summed E-state index contributed by atoms with van der Waals surface area (Å²) < 4.78 is 5.71. The number of nitrogens with zero attached hydrogens (tertiary/aromatic N) is 2. The fourth-order valence-corrected chi connectivity index (χ4v) is 3.46. The normalized spacial score (nSPS) is 33.2. The van der Waals surface area contributed by atoms with Crippen molar-refractivity contribution in [2.24, 2.45) is 5.73 Å². The van der Waals surface area contributed by atoms with E-state index in [1.54, 1.807) is 0 Å². The number of piperazine rings is 1. The van der Waals surface area contributed by atoms with Crippen molar-refractivity contribution in [3.63, 3.8) is 0 Å². The minimum absolute atomic E-state index is 0. The molecular formula is C13H25Cl2N3O2. The summed E-state index contributed by atoms with van der Waals surface area (Å²) in [5.41, 5.74) is 5.59. The summed E-state index contributed by atoms with van der Waals surface area (Å²) >= 11 is 0. The molecule has 0 radical (unpaired) electrons. The van der Waals surface area contributed by atoms with Gasteiger partial charge in [-0.1, -0.05) is 0 Å². The molecule has 20 heavy (non-hydrogen) atoms. The molecule has 3 saturated heterocycles. The topological polar surface area (TPSA) is 58.8 Å². The average Bonchev–Trinajstić information content (AvgIpc) is 3.05. The summed E-state index contributed by atoms with van der Waals surface area (Å²) in [6, 6.07) is 0.592. The van der Waals surface area contributed by atoms with Crippen molar-refractivity contribution in [1.29, 1.82) is 0 Å². The second-order valence-corrected chi connectivity index (χ2v) is 5.68. The van der Waals surface area contributed by atoms with Crippen molar-refractivity contribution >= 4 is 30.7 Å². The number of carbonyl (C=O) groups excluding carboxylic acids is 1. The van der Waals surface area contributed by atoms with Gasteiger partial charge in [0.1, 0.15) is 6.10 Å². The van der Waals surface area contributed by atoms with Gasteiger partial charge in [-0.2, -0.15) is 0 Å². The smallest absolute Gasteiger partial charge is 0.251 e. The Hall–Kier alpha value is -0.0700. The van der Waals surface area contributed by atoms with E-state index in [2.05, 4.69) is 4.90 Å². The summed E-state index contributed by atoms with van der Waals surface area (Å²) in [4.78, 5) is 16.9. The van der Waals surface area contributed by atoms with Crippen LogP contribution < -0.4 is 5.73 Å². The first kappa shape index (κ1) is 18.0. The zero-order valence-electron chi connectivity index (χ0n) is 11.7. The van der Waals surface area contributed by atoms with Gasteiger partial charge in [0.15, 0.2) is 0 Å². The highest BCUT2D eigenvalue weighted by Crippen LogP contribution is 2.25. The molecule has 1 unspecified atom stereocenters. The van der Waals surface area contributed by atoms with E-state index < -0.39 is 0 Å². The number of halogens is 2. The Balaban J connectivity index is 0.000001000. The third-order valence-corrected chi connectivity index (χ3v) is 4.54. The van der Waals surface area contributed by atoms with Gasteiger partial charge in [-0.15, -0.1) is 24.8 Å². The number of ether oxygens (including phenoxy) is 1. The molecular weight excluding hydrogens is 301 g/mol. The van der Waals surface area contributed by atoms with Gasteiger partial charge >= 0.3 is 0 Å². The maximum absolute atomic E-state index is 12.4. The molecule has 0 aromatic rings. The van der Waals surface area contributed by atoms with Crippen molar-refractivity contribution in [1.82, 2.24) is 9.80 Å². The summed E-state index contributed by atoms with van der Waals surface area (Å²) in [7, 11) is 0. The second-order valence-electron chi connectivity index (χ2n) is 5.68. The summed E-state index contributed by atoms with van der Waals surface area (Å²) in [5.74, 6) is 0.192. The number of hydrogen-bond donors (Lipinski definition) is 1. The highest BCUT2D eigenvalue weighted by Gasteiger charge is 2.37. The van der Waals surface area contributed by atoms with Gasteiger partial charge in [0, 0.05) is 32.2 Å². The lowest BCUT2D eigenvalue weighted by Gasteiger charge is -2.38. The van der Waals surface area contributed by atoms with Crippen LogP contribution in [0.1, 0.15) is 25.7 Å². The predicted molar refractivity (Wildman–Crippen MR) is 82.6 cm³/mol. The average molecular weight is 326 g/mol. The molecule has 2 N–H and O–H groups in total. The van der Waals surface area contributed by atoms with Crippen molar-refractivity contribution < 1.29 is 9.53 Å². The first-order valence-electron chi connectivity index (χ1n) is 7.16. The number of amides is 1. The molecule has 0 aromatic heterocycles. The fraction of sp³-hybridized carbons (Fsp3) is 0.923. The molecule has 0 aliphatic carbocycles. The third kappa shape index (κ3) is 3.57. The molecule has 1 amide bonds. The van der Waals surface area contributed by atoms with Crippen LogP contribution in [0.15, 0.2) is 0 Å². The van der Waals surface area contributed by atoms with Crippen molar-refractivity contribution in [3.05, 3.63) is 0 Å². The van der Waals surface area contributed by atoms with Gasteiger partial charge in [0.2, 0.25) is 0 Å². The Bertz CT molecular complexity index is 333. The van der Waals surface area contributed by atoms with Crippen LogP contribution >= 0.6 is 24.8 Å². The maximum Gasteiger partial charge on any atom is 0.251 e. The maximum atomic E-state index is 12.4. The largest absolute Gasteiger partial charge is 0.364 e. The Labute approximate surface area is 133 Å². The minimum atomic E-state index is -0.230. The van der Waals surface area contributed by atoms with E-state index in [-0.39, 0.29) is 42.9 Å². The van der Waals surface area contributed by atoms with Crippen LogP contribution in [0.25, 0.3) is 0 Å². The van der Waals surface area contributed by atoms with Crippen molar-refractivity contribution in [3.8, 4) is 0 Å². The van der Waals surface area contributed by atoms with E-state index >= 15 is 0 Å². The van der Waals surface area contributed by atoms with Crippen LogP contribution in [0.4, 0.5) is 0 Å². The quantitative estimate of drug-likeness (QED) is 0.809. The summed E-state index contributed by atoms with van der Waals surface area (Å²) in [6.45, 7) is 4.53. The number of carbonyl (C=O) groups is 1. The minimum Gasteiger partial charge on any atom is -0.364 e. The Morgan fingerprint density at radius 1 is 1.15 bits per heavy atom. The number of hydrogen-bond acceptors (Lipinski definition) is 4. The standard InChI is InChI=1S/C13H23N3O2.2ClH/c14-8-11-3-4-12(18-11)13(17)16-7-6-15-5-1-2-10(15)9-16;;/h10-12H,1-9,14H2;2*1H/t10?,11-,12+;;/m1../s1. The van der Waals surface area contributed by atoms with Gasteiger partial charge < -0.3 is 15.4 Å². The first-order chi connectivity index (χ1) is 8.78. The van der Waals surface area contributed by atoms with E-state index in [0.717, 1.165) is 32.5 Å². The van der Waals surface area contributed by atoms with Crippen LogP contribution in [0.3, 0.4) is 0 Å². The molecule has 5 nitrogen and oxygen atoms in total. The predicted octanol–water partition coefficient (Wildman–Crippen LogP) is 0.643. The summed E-state index contributed by atoms with van der Waals surface area (Å²) in [5, 5.41) is 0. The molecule has 3 rings (SSSR count). The summed E-state index contributed by atoms with van der Waals surface area (Å²) in [6.07, 6.45) is 4.14. The second kappa shape index (κ2) is 7.80. The van der Waals surface area contributed by atoms with Gasteiger partial charge in [-0.05, 0) is 32.2 Å². The highest BCUT2D eigenvalue weighted by molar-refractivity contribution is 5.85. The zero-order valence-corrected chi connectivity index (χ0v) is 13.3. The lowest BCUT2D eigenvalue weighted by atomic mass is 10.1. The zero-order chi connectivity index (χ0) is 12.5. The molecule has 0 saturated carbocycles. The Morgan fingerprint density at radius 2 is 1.95 bits per heavy atom. The molecule has 118 valence electrons. The van der Waals surface area contributed by atoms with Crippen LogP contribution in [-0.4, -0.2) is 66.7 Å². The molecule has 3 aliphatic rings. The molecule has 0 spiro atoms. The van der Waals surface area contributed by atoms with Gasteiger partial charge in [0.05, 0.1) is 6.10 Å². The molecule has 3 heterocycles. The molecule has 3 aliphatic heterocycles. The SMILES string of the molecule is Cl.Cl.NC[C@H]1CC[C@@H](C(=O)N2CCN3CCCC3C2)O1. The Morgan fingerprint density at radius 3 is 2.65 bits per heavy atom. The van der Waals surface area contributed by atoms with Crippen LogP contribution in [0, 0.1) is 0 Å².